The summed E-state index contributed by atoms with van der Waals surface area (Å²) in [5, 5.41) is 11.9. The molecular weight excluding hydrogens is 343 g/mol. The van der Waals surface area contributed by atoms with E-state index in [0.29, 0.717) is 11.6 Å². The monoisotopic (exact) mass is 359 g/mol. The molecule has 2 aromatic heterocycles. The highest BCUT2D eigenvalue weighted by Gasteiger charge is 2.13. The van der Waals surface area contributed by atoms with Crippen molar-refractivity contribution in [3.8, 4) is 17.3 Å². The Labute approximate surface area is 156 Å². The van der Waals surface area contributed by atoms with Gasteiger partial charge in [0.15, 0.2) is 0 Å². The summed E-state index contributed by atoms with van der Waals surface area (Å²) in [6, 6.07) is 22.6. The SMILES string of the molecule is [AlH][O]c1cn(-c2ccccc2)nc1-n1ccc([SiH2]c2ccccc2)n1. The average Bonchev–Trinajstić information content (AvgIpc) is 3.30. The third kappa shape index (κ3) is 3.44. The number of rotatable bonds is 5. The van der Waals surface area contributed by atoms with Crippen LogP contribution >= 0.6 is 0 Å². The molecule has 1 radical (unpaired) electrons. The molecule has 0 aliphatic heterocycles. The summed E-state index contributed by atoms with van der Waals surface area (Å²) >= 11 is 1.44. The molecule has 0 spiro atoms. The summed E-state index contributed by atoms with van der Waals surface area (Å²) < 4.78 is 9.14. The molecule has 25 heavy (non-hydrogen) atoms. The van der Waals surface area contributed by atoms with Gasteiger partial charge in [-0.2, -0.15) is 5.10 Å². The summed E-state index contributed by atoms with van der Waals surface area (Å²) in [7, 11) is -0.586. The summed E-state index contributed by atoms with van der Waals surface area (Å²) in [4.78, 5) is 0. The van der Waals surface area contributed by atoms with Gasteiger partial charge < -0.3 is 3.79 Å². The predicted molar refractivity (Wildman–Crippen MR) is 103 cm³/mol. The van der Waals surface area contributed by atoms with Crippen LogP contribution in [0.5, 0.6) is 5.75 Å². The number of hydrogen-bond acceptors (Lipinski definition) is 3. The van der Waals surface area contributed by atoms with Crippen molar-refractivity contribution in [2.45, 2.75) is 0 Å². The normalized spacial score (nSPS) is 11.2. The van der Waals surface area contributed by atoms with Crippen molar-refractivity contribution in [2.24, 2.45) is 0 Å². The lowest BCUT2D eigenvalue weighted by atomic mass is 10.3. The van der Waals surface area contributed by atoms with E-state index in [1.807, 2.05) is 53.5 Å². The summed E-state index contributed by atoms with van der Waals surface area (Å²) in [5.74, 6) is 1.41. The molecule has 121 valence electrons. The van der Waals surface area contributed by atoms with Gasteiger partial charge in [-0.05, 0) is 18.2 Å². The molecule has 4 rings (SSSR count). The molecule has 5 nitrogen and oxygen atoms in total. The number of hydrogen-bond donors (Lipinski definition) is 0. The molecule has 2 heterocycles. The zero-order valence-electron chi connectivity index (χ0n) is 13.6. The highest BCUT2D eigenvalue weighted by molar-refractivity contribution is 6.66. The highest BCUT2D eigenvalue weighted by atomic mass is 28.2. The first-order valence-corrected chi connectivity index (χ1v) is 9.98. The van der Waals surface area contributed by atoms with Gasteiger partial charge in [0, 0.05) is 11.5 Å². The van der Waals surface area contributed by atoms with Crippen molar-refractivity contribution < 1.29 is 3.79 Å². The van der Waals surface area contributed by atoms with Crippen molar-refractivity contribution >= 4 is 36.6 Å². The second-order valence-electron chi connectivity index (χ2n) is 5.66. The second-order valence-corrected chi connectivity index (χ2v) is 7.84. The number of nitrogens with zero attached hydrogens (tertiary/aromatic N) is 4. The van der Waals surface area contributed by atoms with Gasteiger partial charge in [-0.25, -0.2) is 9.36 Å². The number of benzene rings is 2. The molecule has 2 aromatic carbocycles. The fraction of sp³-hybridized carbons (Fsp3) is 0. The Morgan fingerprint density at radius 2 is 1.56 bits per heavy atom. The van der Waals surface area contributed by atoms with Crippen molar-refractivity contribution in [3.63, 3.8) is 0 Å². The van der Waals surface area contributed by atoms with Gasteiger partial charge >= 0.3 is 16.6 Å². The number of para-hydroxylation sites is 1. The van der Waals surface area contributed by atoms with Gasteiger partial charge in [0.05, 0.1) is 11.9 Å². The Kier molecular flexibility index (Phi) is 4.53. The van der Waals surface area contributed by atoms with Crippen molar-refractivity contribution in [1.82, 2.24) is 19.6 Å². The Hall–Kier alpha value is -2.59. The molecule has 0 fully saturated rings. The largest absolute Gasteiger partial charge is 0.647 e. The van der Waals surface area contributed by atoms with Gasteiger partial charge in [-0.1, -0.05) is 53.7 Å². The minimum absolute atomic E-state index is 0.586. The van der Waals surface area contributed by atoms with Crippen LogP contribution in [0.15, 0.2) is 79.1 Å². The van der Waals surface area contributed by atoms with Crippen molar-refractivity contribution in [2.75, 3.05) is 0 Å². The molecular formula is C18H16AlN4OSi. The topological polar surface area (TPSA) is 44.9 Å². The lowest BCUT2D eigenvalue weighted by molar-refractivity contribution is 0.606. The van der Waals surface area contributed by atoms with Crippen LogP contribution in [0, 0.1) is 0 Å². The molecule has 0 saturated carbocycles. The van der Waals surface area contributed by atoms with E-state index < -0.39 is 9.52 Å². The molecule has 0 amide bonds. The quantitative estimate of drug-likeness (QED) is 0.484. The van der Waals surface area contributed by atoms with Crippen LogP contribution in [-0.4, -0.2) is 45.7 Å². The maximum Gasteiger partial charge on any atom is 0.494 e. The molecule has 0 aliphatic rings. The van der Waals surface area contributed by atoms with Crippen LogP contribution in [0.1, 0.15) is 0 Å². The summed E-state index contributed by atoms with van der Waals surface area (Å²) in [6.07, 6.45) is 3.84. The van der Waals surface area contributed by atoms with Gasteiger partial charge in [-0.15, -0.1) is 5.10 Å². The van der Waals surface area contributed by atoms with E-state index in [9.17, 15) is 0 Å². The first-order chi connectivity index (χ1) is 12.3. The van der Waals surface area contributed by atoms with Gasteiger partial charge in [0.1, 0.15) is 15.3 Å². The van der Waals surface area contributed by atoms with Gasteiger partial charge in [0.25, 0.3) is 0 Å². The zero-order chi connectivity index (χ0) is 17.1. The zero-order valence-corrected chi connectivity index (χ0v) is 16.4. The molecule has 0 aliphatic carbocycles. The molecule has 4 aromatic rings. The summed E-state index contributed by atoms with van der Waals surface area (Å²) in [6.45, 7) is 0. The number of aromatic nitrogens is 4. The van der Waals surface area contributed by atoms with E-state index >= 15 is 0 Å². The maximum absolute atomic E-state index is 5.52. The first-order valence-electron chi connectivity index (χ1n) is 7.99. The van der Waals surface area contributed by atoms with Crippen LogP contribution in [0.2, 0.25) is 0 Å². The van der Waals surface area contributed by atoms with Gasteiger partial charge in [-0.3, -0.25) is 0 Å². The van der Waals surface area contributed by atoms with E-state index in [-0.39, 0.29) is 0 Å². The fourth-order valence-electron chi connectivity index (χ4n) is 2.70. The van der Waals surface area contributed by atoms with E-state index in [1.165, 1.54) is 21.8 Å². The minimum Gasteiger partial charge on any atom is -0.647 e. The molecule has 0 bridgehead atoms. The fourth-order valence-corrected chi connectivity index (χ4v) is 4.28. The van der Waals surface area contributed by atoms with Gasteiger partial charge in [0.2, 0.25) is 5.82 Å². The highest BCUT2D eigenvalue weighted by Crippen LogP contribution is 2.21. The first kappa shape index (κ1) is 15.9. The van der Waals surface area contributed by atoms with E-state index in [1.54, 1.807) is 4.68 Å². The third-order valence-corrected chi connectivity index (χ3v) is 5.86. The Morgan fingerprint density at radius 3 is 2.28 bits per heavy atom. The minimum atomic E-state index is -0.586. The van der Waals surface area contributed by atoms with Crippen molar-refractivity contribution in [1.29, 1.82) is 0 Å². The predicted octanol–water partition coefficient (Wildman–Crippen LogP) is 0.372. The molecule has 0 saturated heterocycles. The molecule has 0 atom stereocenters. The Morgan fingerprint density at radius 1 is 0.840 bits per heavy atom. The Balaban J connectivity index is 1.65. The second kappa shape index (κ2) is 7.11. The van der Waals surface area contributed by atoms with Crippen molar-refractivity contribution in [3.05, 3.63) is 79.1 Å². The van der Waals surface area contributed by atoms with Crippen LogP contribution in [-0.2, 0) is 0 Å². The van der Waals surface area contributed by atoms with Crippen LogP contribution in [0.3, 0.4) is 0 Å². The summed E-state index contributed by atoms with van der Waals surface area (Å²) in [5.41, 5.74) is 0.987. The molecule has 7 heteroatoms. The lowest BCUT2D eigenvalue weighted by Gasteiger charge is -2.02. The van der Waals surface area contributed by atoms with Crippen LogP contribution < -0.4 is 14.3 Å². The van der Waals surface area contributed by atoms with E-state index in [4.69, 9.17) is 8.89 Å². The van der Waals surface area contributed by atoms with Crippen LogP contribution in [0.4, 0.5) is 0 Å². The maximum atomic E-state index is 5.52. The lowest BCUT2D eigenvalue weighted by Crippen LogP contribution is -2.28. The van der Waals surface area contributed by atoms with Crippen LogP contribution in [0.25, 0.3) is 11.5 Å². The van der Waals surface area contributed by atoms with E-state index in [0.717, 1.165) is 11.0 Å². The molecule has 0 unspecified atom stereocenters. The third-order valence-electron chi connectivity index (χ3n) is 3.93. The molecule has 0 N–H and O–H groups in total. The average molecular weight is 359 g/mol. The smallest absolute Gasteiger partial charge is 0.494 e. The van der Waals surface area contributed by atoms with E-state index in [2.05, 4.69) is 35.4 Å². The Bertz CT molecular complexity index is 969. The standard InChI is InChI=1S/C18H16N4OSi.Al.H/c23-16-13-22(14-7-3-1-4-8-14)20-18(16)21-12-11-17(19-21)24-15-9-5-2-6-10-15;;/h1-13,23H,24H2;;/q;+1;/p-1.